The summed E-state index contributed by atoms with van der Waals surface area (Å²) < 4.78 is 1.91. The molecule has 0 saturated carbocycles. The molecule has 96 valence electrons. The molecule has 0 aliphatic carbocycles. The van der Waals surface area contributed by atoms with E-state index in [9.17, 15) is 0 Å². The van der Waals surface area contributed by atoms with Crippen molar-refractivity contribution in [2.45, 2.75) is 33.7 Å². The minimum absolute atomic E-state index is 0.759. The fourth-order valence-corrected chi connectivity index (χ4v) is 1.71. The van der Waals surface area contributed by atoms with Crippen LogP contribution in [0.3, 0.4) is 0 Å². The van der Waals surface area contributed by atoms with Gasteiger partial charge < -0.3 is 10.6 Å². The molecule has 1 aromatic heterocycles. The monoisotopic (exact) mass is 237 g/mol. The molecule has 0 aromatic carbocycles. The van der Waals surface area contributed by atoms with Crippen LogP contribution in [-0.2, 0) is 13.6 Å². The van der Waals surface area contributed by atoms with Gasteiger partial charge in [-0.2, -0.15) is 5.10 Å². The number of nitrogens with one attached hydrogen (secondary N) is 2. The number of hydrogen-bond acceptors (Lipinski definition) is 2. The van der Waals surface area contributed by atoms with Gasteiger partial charge in [-0.05, 0) is 20.3 Å². The lowest BCUT2D eigenvalue weighted by Gasteiger charge is -2.11. The van der Waals surface area contributed by atoms with Crippen molar-refractivity contribution in [2.75, 3.05) is 13.6 Å². The Morgan fingerprint density at radius 3 is 2.53 bits per heavy atom. The topological polar surface area (TPSA) is 54.2 Å². The molecule has 0 aliphatic rings. The van der Waals surface area contributed by atoms with Crippen LogP contribution in [0.2, 0.25) is 0 Å². The van der Waals surface area contributed by atoms with Crippen LogP contribution in [0.4, 0.5) is 0 Å². The zero-order valence-electron chi connectivity index (χ0n) is 11.5. The first kappa shape index (κ1) is 13.5. The molecule has 0 aliphatic heterocycles. The standard InChI is InChI=1S/C12H23N5/c1-6-7-14-12(13-4)15-8-11-9(2)16-17(5)10(11)3/h6-8H2,1-5H3,(H2,13,14,15). The molecule has 2 N–H and O–H groups in total. The molecule has 17 heavy (non-hydrogen) atoms. The lowest BCUT2D eigenvalue weighted by atomic mass is 10.2. The molecule has 1 aromatic rings. The van der Waals surface area contributed by atoms with E-state index in [-0.39, 0.29) is 0 Å². The van der Waals surface area contributed by atoms with Crippen LogP contribution in [0.25, 0.3) is 0 Å². The second kappa shape index (κ2) is 6.27. The fraction of sp³-hybridized carbons (Fsp3) is 0.667. The number of rotatable bonds is 4. The number of hydrogen-bond donors (Lipinski definition) is 2. The second-order valence-electron chi connectivity index (χ2n) is 4.13. The van der Waals surface area contributed by atoms with Gasteiger partial charge >= 0.3 is 0 Å². The molecule has 5 nitrogen and oxygen atoms in total. The van der Waals surface area contributed by atoms with Crippen LogP contribution in [0.5, 0.6) is 0 Å². The van der Waals surface area contributed by atoms with Crippen molar-refractivity contribution in [3.05, 3.63) is 17.0 Å². The molecule has 0 spiro atoms. The van der Waals surface area contributed by atoms with Crippen molar-refractivity contribution in [2.24, 2.45) is 12.0 Å². The smallest absolute Gasteiger partial charge is 0.191 e. The third kappa shape index (κ3) is 3.47. The van der Waals surface area contributed by atoms with Gasteiger partial charge in [0.2, 0.25) is 0 Å². The van der Waals surface area contributed by atoms with Crippen molar-refractivity contribution in [1.29, 1.82) is 0 Å². The summed E-state index contributed by atoms with van der Waals surface area (Å²) in [5, 5.41) is 10.9. The summed E-state index contributed by atoms with van der Waals surface area (Å²) in [6.07, 6.45) is 1.09. The Morgan fingerprint density at radius 2 is 2.06 bits per heavy atom. The minimum atomic E-state index is 0.759. The lowest BCUT2D eigenvalue weighted by molar-refractivity contribution is 0.728. The molecule has 0 saturated heterocycles. The van der Waals surface area contributed by atoms with E-state index in [0.29, 0.717) is 0 Å². The first-order chi connectivity index (χ1) is 8.10. The predicted octanol–water partition coefficient (Wildman–Crippen LogP) is 1.11. The molecule has 5 heteroatoms. The highest BCUT2D eigenvalue weighted by atomic mass is 15.3. The zero-order valence-corrected chi connectivity index (χ0v) is 11.5. The third-order valence-electron chi connectivity index (χ3n) is 2.86. The summed E-state index contributed by atoms with van der Waals surface area (Å²) >= 11 is 0. The number of nitrogens with zero attached hydrogens (tertiary/aromatic N) is 3. The largest absolute Gasteiger partial charge is 0.356 e. The zero-order chi connectivity index (χ0) is 12.8. The molecule has 0 amide bonds. The average molecular weight is 237 g/mol. The van der Waals surface area contributed by atoms with Gasteiger partial charge in [-0.15, -0.1) is 0 Å². The maximum atomic E-state index is 4.39. The summed E-state index contributed by atoms with van der Waals surface area (Å²) in [6, 6.07) is 0. The van der Waals surface area contributed by atoms with E-state index in [1.165, 1.54) is 11.3 Å². The Morgan fingerprint density at radius 1 is 1.35 bits per heavy atom. The molecule has 1 heterocycles. The summed E-state index contributed by atoms with van der Waals surface area (Å²) in [5.41, 5.74) is 3.51. The van der Waals surface area contributed by atoms with Gasteiger partial charge in [0.1, 0.15) is 0 Å². The summed E-state index contributed by atoms with van der Waals surface area (Å²) in [5.74, 6) is 0.842. The molecule has 0 fully saturated rings. The Balaban J connectivity index is 2.60. The van der Waals surface area contributed by atoms with E-state index >= 15 is 0 Å². The highest BCUT2D eigenvalue weighted by molar-refractivity contribution is 5.79. The summed E-state index contributed by atoms with van der Waals surface area (Å²) in [7, 11) is 3.75. The lowest BCUT2D eigenvalue weighted by Crippen LogP contribution is -2.37. The van der Waals surface area contributed by atoms with Gasteiger partial charge in [-0.25, -0.2) is 0 Å². The van der Waals surface area contributed by atoms with Crippen molar-refractivity contribution in [3.8, 4) is 0 Å². The number of aliphatic imine (C=N–C) groups is 1. The molecule has 0 bridgehead atoms. The van der Waals surface area contributed by atoms with Crippen LogP contribution < -0.4 is 10.6 Å². The molecule has 0 atom stereocenters. The minimum Gasteiger partial charge on any atom is -0.356 e. The summed E-state index contributed by atoms with van der Waals surface area (Å²) in [4.78, 5) is 4.17. The van der Waals surface area contributed by atoms with Gasteiger partial charge in [0.05, 0.1) is 5.69 Å². The van der Waals surface area contributed by atoms with E-state index in [2.05, 4.69) is 34.6 Å². The van der Waals surface area contributed by atoms with Crippen LogP contribution in [0.1, 0.15) is 30.3 Å². The molecular formula is C12H23N5. The summed E-state index contributed by atoms with van der Waals surface area (Å²) in [6.45, 7) is 7.95. The van der Waals surface area contributed by atoms with Crippen LogP contribution in [-0.4, -0.2) is 29.3 Å². The van der Waals surface area contributed by atoms with E-state index < -0.39 is 0 Å². The van der Waals surface area contributed by atoms with Gasteiger partial charge in [-0.3, -0.25) is 9.67 Å². The first-order valence-electron chi connectivity index (χ1n) is 6.03. The van der Waals surface area contributed by atoms with Gasteiger partial charge in [0.15, 0.2) is 5.96 Å². The Hall–Kier alpha value is -1.52. The molecule has 1 rings (SSSR count). The SMILES string of the molecule is CCCNC(=NC)NCc1c(C)nn(C)c1C. The third-order valence-corrected chi connectivity index (χ3v) is 2.86. The first-order valence-corrected chi connectivity index (χ1v) is 6.03. The van der Waals surface area contributed by atoms with Gasteiger partial charge in [0, 0.05) is 38.4 Å². The quantitative estimate of drug-likeness (QED) is 0.609. The van der Waals surface area contributed by atoms with Crippen LogP contribution in [0.15, 0.2) is 4.99 Å². The van der Waals surface area contributed by atoms with E-state index in [1.807, 2.05) is 18.7 Å². The van der Waals surface area contributed by atoms with Crippen LogP contribution >= 0.6 is 0 Å². The Labute approximate surface area is 103 Å². The number of aryl methyl sites for hydroxylation is 2. The average Bonchev–Trinajstić information content (AvgIpc) is 2.55. The predicted molar refractivity (Wildman–Crippen MR) is 71.2 cm³/mol. The van der Waals surface area contributed by atoms with Crippen molar-refractivity contribution >= 4 is 5.96 Å². The molecule has 0 radical (unpaired) electrons. The fourth-order valence-electron chi connectivity index (χ4n) is 1.71. The highest BCUT2D eigenvalue weighted by Gasteiger charge is 2.09. The van der Waals surface area contributed by atoms with E-state index in [0.717, 1.165) is 31.2 Å². The van der Waals surface area contributed by atoms with E-state index in [1.54, 1.807) is 7.05 Å². The molecular weight excluding hydrogens is 214 g/mol. The molecule has 0 unspecified atom stereocenters. The Kier molecular flexibility index (Phi) is 5.00. The second-order valence-corrected chi connectivity index (χ2v) is 4.13. The number of guanidine groups is 1. The maximum absolute atomic E-state index is 4.39. The van der Waals surface area contributed by atoms with E-state index in [4.69, 9.17) is 0 Å². The van der Waals surface area contributed by atoms with Gasteiger partial charge in [-0.1, -0.05) is 6.92 Å². The Bertz CT molecular complexity index is 392. The van der Waals surface area contributed by atoms with Crippen molar-refractivity contribution in [3.63, 3.8) is 0 Å². The highest BCUT2D eigenvalue weighted by Crippen LogP contribution is 2.10. The maximum Gasteiger partial charge on any atom is 0.191 e. The van der Waals surface area contributed by atoms with Crippen LogP contribution in [0, 0.1) is 13.8 Å². The van der Waals surface area contributed by atoms with Crippen molar-refractivity contribution in [1.82, 2.24) is 20.4 Å². The number of aromatic nitrogens is 2. The normalized spacial score (nSPS) is 11.7. The van der Waals surface area contributed by atoms with Gasteiger partial charge in [0.25, 0.3) is 0 Å². The van der Waals surface area contributed by atoms with Crippen molar-refractivity contribution < 1.29 is 0 Å².